The highest BCUT2D eigenvalue weighted by Gasteiger charge is 2.05. The predicted molar refractivity (Wildman–Crippen MR) is 82.3 cm³/mol. The molecule has 0 bridgehead atoms. The molecule has 1 N–H and O–H groups in total. The summed E-state index contributed by atoms with van der Waals surface area (Å²) >= 11 is 3.44. The van der Waals surface area contributed by atoms with Crippen molar-refractivity contribution in [2.45, 2.75) is 13.0 Å². The van der Waals surface area contributed by atoms with Crippen LogP contribution in [0.5, 0.6) is 11.5 Å². The van der Waals surface area contributed by atoms with Gasteiger partial charge < -0.3 is 14.6 Å². The fraction of sp³-hybridized carbons (Fsp3) is 0.250. The van der Waals surface area contributed by atoms with Crippen LogP contribution in [0.3, 0.4) is 0 Å². The van der Waals surface area contributed by atoms with Crippen LogP contribution in [0.4, 0.5) is 0 Å². The van der Waals surface area contributed by atoms with Gasteiger partial charge in [-0.05, 0) is 42.3 Å². The maximum absolute atomic E-state index is 8.88. The molecule has 4 heteroatoms. The Balaban J connectivity index is 2.02. The first-order valence-corrected chi connectivity index (χ1v) is 7.17. The van der Waals surface area contributed by atoms with Gasteiger partial charge in [0, 0.05) is 16.6 Å². The normalized spacial score (nSPS) is 10.3. The fourth-order valence-corrected chi connectivity index (χ4v) is 2.31. The van der Waals surface area contributed by atoms with Crippen LogP contribution < -0.4 is 9.47 Å². The van der Waals surface area contributed by atoms with Gasteiger partial charge in [-0.25, -0.2) is 0 Å². The summed E-state index contributed by atoms with van der Waals surface area (Å²) in [6, 6.07) is 13.6. The number of hydrogen-bond acceptors (Lipinski definition) is 3. The molecular weight excluding hydrogens is 320 g/mol. The van der Waals surface area contributed by atoms with E-state index >= 15 is 0 Å². The summed E-state index contributed by atoms with van der Waals surface area (Å²) in [6.07, 6.45) is 0.666. The molecule has 2 aromatic carbocycles. The molecule has 0 radical (unpaired) electrons. The van der Waals surface area contributed by atoms with Crippen molar-refractivity contribution >= 4 is 15.9 Å². The van der Waals surface area contributed by atoms with Crippen LogP contribution in [0.1, 0.15) is 11.1 Å². The third kappa shape index (κ3) is 3.99. The number of halogens is 1. The summed E-state index contributed by atoms with van der Waals surface area (Å²) in [7, 11) is 1.65. The molecule has 0 aliphatic rings. The van der Waals surface area contributed by atoms with Gasteiger partial charge in [0.25, 0.3) is 0 Å². The average molecular weight is 337 g/mol. The van der Waals surface area contributed by atoms with Gasteiger partial charge in [0.1, 0.15) is 18.1 Å². The second kappa shape index (κ2) is 7.31. The highest BCUT2D eigenvalue weighted by molar-refractivity contribution is 9.10. The quantitative estimate of drug-likeness (QED) is 0.876. The van der Waals surface area contributed by atoms with E-state index in [1.165, 1.54) is 0 Å². The standard InChI is InChI=1S/C16H17BrO3/c1-19-16-7-4-14(17)10-13(16)11-20-15-5-2-12(3-6-15)8-9-18/h2-7,10,18H,8-9,11H2,1H3. The molecule has 0 aliphatic carbocycles. The van der Waals surface area contributed by atoms with E-state index in [9.17, 15) is 0 Å². The third-order valence-corrected chi connectivity index (χ3v) is 3.45. The van der Waals surface area contributed by atoms with Crippen LogP contribution in [0.15, 0.2) is 46.9 Å². The van der Waals surface area contributed by atoms with Crippen LogP contribution in [-0.2, 0) is 13.0 Å². The van der Waals surface area contributed by atoms with Crippen molar-refractivity contribution < 1.29 is 14.6 Å². The monoisotopic (exact) mass is 336 g/mol. The number of benzene rings is 2. The summed E-state index contributed by atoms with van der Waals surface area (Å²) in [5.74, 6) is 1.61. The second-order valence-electron chi connectivity index (χ2n) is 4.36. The van der Waals surface area contributed by atoms with E-state index in [2.05, 4.69) is 15.9 Å². The number of aliphatic hydroxyl groups excluding tert-OH is 1. The molecule has 20 heavy (non-hydrogen) atoms. The van der Waals surface area contributed by atoms with E-state index in [0.717, 1.165) is 27.1 Å². The van der Waals surface area contributed by atoms with E-state index in [0.29, 0.717) is 13.0 Å². The predicted octanol–water partition coefficient (Wildman–Crippen LogP) is 3.57. The summed E-state index contributed by atoms with van der Waals surface area (Å²) < 4.78 is 12.1. The lowest BCUT2D eigenvalue weighted by Gasteiger charge is -2.11. The Morgan fingerprint density at radius 1 is 1.10 bits per heavy atom. The van der Waals surface area contributed by atoms with Crippen molar-refractivity contribution in [3.8, 4) is 11.5 Å². The zero-order valence-corrected chi connectivity index (χ0v) is 12.9. The molecule has 106 valence electrons. The van der Waals surface area contributed by atoms with Gasteiger partial charge in [-0.1, -0.05) is 28.1 Å². The van der Waals surface area contributed by atoms with Crippen LogP contribution in [0.2, 0.25) is 0 Å². The number of ether oxygens (including phenoxy) is 2. The maximum atomic E-state index is 8.88. The zero-order valence-electron chi connectivity index (χ0n) is 11.3. The molecule has 0 amide bonds. The number of aliphatic hydroxyl groups is 1. The average Bonchev–Trinajstić information content (AvgIpc) is 2.47. The summed E-state index contributed by atoms with van der Waals surface area (Å²) in [6.45, 7) is 0.609. The molecule has 0 saturated heterocycles. The number of rotatable bonds is 6. The molecule has 3 nitrogen and oxygen atoms in total. The Morgan fingerprint density at radius 2 is 1.85 bits per heavy atom. The van der Waals surface area contributed by atoms with Crippen LogP contribution in [0.25, 0.3) is 0 Å². The molecule has 0 aliphatic heterocycles. The van der Waals surface area contributed by atoms with Crippen LogP contribution >= 0.6 is 15.9 Å². The molecule has 0 spiro atoms. The highest BCUT2D eigenvalue weighted by atomic mass is 79.9. The molecule has 0 unspecified atom stereocenters. The van der Waals surface area contributed by atoms with Gasteiger partial charge in [-0.2, -0.15) is 0 Å². The Bertz CT molecular complexity index is 552. The Kier molecular flexibility index (Phi) is 5.44. The van der Waals surface area contributed by atoms with Crippen molar-refractivity contribution in [2.24, 2.45) is 0 Å². The van der Waals surface area contributed by atoms with E-state index in [1.807, 2.05) is 42.5 Å². The van der Waals surface area contributed by atoms with Crippen molar-refractivity contribution in [1.29, 1.82) is 0 Å². The minimum atomic E-state index is 0.162. The summed E-state index contributed by atoms with van der Waals surface area (Å²) in [4.78, 5) is 0. The zero-order chi connectivity index (χ0) is 14.4. The molecule has 2 rings (SSSR count). The lowest BCUT2D eigenvalue weighted by molar-refractivity contribution is 0.294. The van der Waals surface area contributed by atoms with Gasteiger partial charge in [-0.15, -0.1) is 0 Å². The van der Waals surface area contributed by atoms with Crippen molar-refractivity contribution in [2.75, 3.05) is 13.7 Å². The Labute approximate surface area is 127 Å². The highest BCUT2D eigenvalue weighted by Crippen LogP contribution is 2.24. The topological polar surface area (TPSA) is 38.7 Å². The lowest BCUT2D eigenvalue weighted by atomic mass is 10.1. The lowest BCUT2D eigenvalue weighted by Crippen LogP contribution is -1.99. The largest absolute Gasteiger partial charge is 0.496 e. The second-order valence-corrected chi connectivity index (χ2v) is 5.28. The van der Waals surface area contributed by atoms with Crippen LogP contribution in [0, 0.1) is 0 Å². The summed E-state index contributed by atoms with van der Waals surface area (Å²) in [5, 5.41) is 8.88. The van der Waals surface area contributed by atoms with Gasteiger partial charge in [0.15, 0.2) is 0 Å². The van der Waals surface area contributed by atoms with Crippen molar-refractivity contribution in [1.82, 2.24) is 0 Å². The molecule has 0 aromatic heterocycles. The molecular formula is C16H17BrO3. The number of hydrogen-bond donors (Lipinski definition) is 1. The Hall–Kier alpha value is -1.52. The first-order valence-electron chi connectivity index (χ1n) is 6.38. The van der Waals surface area contributed by atoms with Gasteiger partial charge in [-0.3, -0.25) is 0 Å². The van der Waals surface area contributed by atoms with Gasteiger partial charge in [0.2, 0.25) is 0 Å². The first kappa shape index (κ1) is 14.9. The first-order chi connectivity index (χ1) is 9.72. The minimum Gasteiger partial charge on any atom is -0.496 e. The van der Waals surface area contributed by atoms with Crippen molar-refractivity contribution in [3.63, 3.8) is 0 Å². The van der Waals surface area contributed by atoms with Gasteiger partial charge in [0.05, 0.1) is 7.11 Å². The summed E-state index contributed by atoms with van der Waals surface area (Å²) in [5.41, 5.74) is 2.08. The molecule has 2 aromatic rings. The molecule has 0 heterocycles. The smallest absolute Gasteiger partial charge is 0.125 e. The van der Waals surface area contributed by atoms with Gasteiger partial charge >= 0.3 is 0 Å². The molecule has 0 atom stereocenters. The molecule has 0 fully saturated rings. The maximum Gasteiger partial charge on any atom is 0.125 e. The SMILES string of the molecule is COc1ccc(Br)cc1COc1ccc(CCO)cc1. The number of methoxy groups -OCH3 is 1. The molecule has 0 saturated carbocycles. The van der Waals surface area contributed by atoms with E-state index in [4.69, 9.17) is 14.6 Å². The van der Waals surface area contributed by atoms with E-state index in [1.54, 1.807) is 7.11 Å². The van der Waals surface area contributed by atoms with Crippen molar-refractivity contribution in [3.05, 3.63) is 58.1 Å². The Morgan fingerprint density at radius 3 is 2.50 bits per heavy atom. The third-order valence-electron chi connectivity index (χ3n) is 2.96. The van der Waals surface area contributed by atoms with E-state index in [-0.39, 0.29) is 6.61 Å². The minimum absolute atomic E-state index is 0.162. The van der Waals surface area contributed by atoms with E-state index < -0.39 is 0 Å². The fourth-order valence-electron chi connectivity index (χ4n) is 1.90. The van der Waals surface area contributed by atoms with Crippen LogP contribution in [-0.4, -0.2) is 18.8 Å².